The van der Waals surface area contributed by atoms with E-state index < -0.39 is 0 Å². The first-order valence-corrected chi connectivity index (χ1v) is 13.3. The number of aromatic nitrogens is 4. The Labute approximate surface area is 208 Å². The van der Waals surface area contributed by atoms with Crippen LogP contribution in [0.25, 0.3) is 22.3 Å². The number of fused-ring (bicyclic) bond motifs is 1. The molecular formula is C27H29N5O2S. The Kier molecular flexibility index (Phi) is 6.31. The van der Waals surface area contributed by atoms with Crippen molar-refractivity contribution in [1.82, 2.24) is 25.1 Å². The second-order valence-corrected chi connectivity index (χ2v) is 10.3. The summed E-state index contributed by atoms with van der Waals surface area (Å²) in [5, 5.41) is 14.2. The molecule has 4 aromatic rings. The maximum absolute atomic E-state index is 13.0. The quantitative estimate of drug-likeness (QED) is 0.326. The molecule has 2 atom stereocenters. The van der Waals surface area contributed by atoms with E-state index in [1.807, 2.05) is 36.5 Å². The highest BCUT2D eigenvalue weighted by Crippen LogP contribution is 2.41. The second-order valence-electron chi connectivity index (χ2n) is 9.38. The number of para-hydroxylation sites is 1. The van der Waals surface area contributed by atoms with Crippen LogP contribution in [-0.4, -0.2) is 44.1 Å². The molecule has 2 aromatic carbocycles. The van der Waals surface area contributed by atoms with Gasteiger partial charge in [-0.15, -0.1) is 10.2 Å². The zero-order valence-corrected chi connectivity index (χ0v) is 20.3. The van der Waals surface area contributed by atoms with E-state index in [0.717, 1.165) is 59.7 Å². The van der Waals surface area contributed by atoms with E-state index in [1.54, 1.807) is 0 Å². The number of hydrogen-bond donors (Lipinski definition) is 2. The van der Waals surface area contributed by atoms with Crippen molar-refractivity contribution < 1.29 is 9.53 Å². The average molecular weight is 488 g/mol. The molecule has 3 heterocycles. The van der Waals surface area contributed by atoms with Crippen LogP contribution < -0.4 is 5.32 Å². The average Bonchev–Trinajstić information content (AvgIpc) is 3.26. The van der Waals surface area contributed by atoms with E-state index >= 15 is 0 Å². The van der Waals surface area contributed by atoms with Gasteiger partial charge in [-0.05, 0) is 43.2 Å². The summed E-state index contributed by atoms with van der Waals surface area (Å²) >= 11 is 1.44. The number of hydrogen-bond acceptors (Lipinski definition) is 5. The van der Waals surface area contributed by atoms with Crippen molar-refractivity contribution in [3.05, 3.63) is 66.4 Å². The molecule has 6 rings (SSSR count). The predicted molar refractivity (Wildman–Crippen MR) is 137 cm³/mol. The van der Waals surface area contributed by atoms with Gasteiger partial charge in [0.1, 0.15) is 0 Å². The highest BCUT2D eigenvalue weighted by molar-refractivity contribution is 7.99. The lowest BCUT2D eigenvalue weighted by Gasteiger charge is -2.19. The Morgan fingerprint density at radius 3 is 2.74 bits per heavy atom. The molecule has 1 amide bonds. The number of rotatable bonds is 9. The monoisotopic (exact) mass is 487 g/mol. The number of carbonyl (C=O) groups is 1. The molecule has 2 N–H and O–H groups in total. The van der Waals surface area contributed by atoms with E-state index in [9.17, 15) is 4.79 Å². The molecule has 0 spiro atoms. The summed E-state index contributed by atoms with van der Waals surface area (Å²) in [6.45, 7) is 1.47. The van der Waals surface area contributed by atoms with E-state index in [4.69, 9.17) is 4.74 Å². The molecule has 0 bridgehead atoms. The van der Waals surface area contributed by atoms with Crippen molar-refractivity contribution in [2.75, 3.05) is 12.4 Å². The number of H-pyrrole nitrogens is 1. The summed E-state index contributed by atoms with van der Waals surface area (Å²) in [6.07, 6.45) is 6.55. The van der Waals surface area contributed by atoms with Crippen LogP contribution in [0.3, 0.4) is 0 Å². The minimum absolute atomic E-state index is 0.0241. The maximum atomic E-state index is 13.0. The van der Waals surface area contributed by atoms with Gasteiger partial charge in [0.15, 0.2) is 11.0 Å². The van der Waals surface area contributed by atoms with Gasteiger partial charge >= 0.3 is 0 Å². The smallest absolute Gasteiger partial charge is 0.230 e. The van der Waals surface area contributed by atoms with Crippen LogP contribution in [0.5, 0.6) is 0 Å². The number of benzene rings is 2. The molecule has 2 aromatic heterocycles. The van der Waals surface area contributed by atoms with Gasteiger partial charge in [0.05, 0.1) is 24.4 Å². The first-order chi connectivity index (χ1) is 17.3. The number of nitrogens with zero attached hydrogens (tertiary/aromatic N) is 3. The highest BCUT2D eigenvalue weighted by Gasteiger charge is 2.33. The zero-order chi connectivity index (χ0) is 23.6. The molecule has 180 valence electrons. The van der Waals surface area contributed by atoms with Gasteiger partial charge in [-0.3, -0.25) is 9.36 Å². The highest BCUT2D eigenvalue weighted by atomic mass is 32.2. The van der Waals surface area contributed by atoms with Crippen molar-refractivity contribution >= 4 is 28.6 Å². The lowest BCUT2D eigenvalue weighted by molar-refractivity contribution is -0.119. The number of carbonyl (C=O) groups excluding carboxylic acids is 1. The van der Waals surface area contributed by atoms with Gasteiger partial charge in [-0.2, -0.15) is 0 Å². The van der Waals surface area contributed by atoms with Gasteiger partial charge in [-0.1, -0.05) is 60.3 Å². The summed E-state index contributed by atoms with van der Waals surface area (Å²) < 4.78 is 8.05. The van der Waals surface area contributed by atoms with Crippen molar-refractivity contribution in [3.63, 3.8) is 0 Å². The van der Waals surface area contributed by atoms with Gasteiger partial charge < -0.3 is 15.0 Å². The minimum atomic E-state index is 0.0241. The first-order valence-electron chi connectivity index (χ1n) is 12.3. The molecule has 0 radical (unpaired) electrons. The number of ether oxygens (including phenoxy) is 1. The van der Waals surface area contributed by atoms with Crippen LogP contribution in [0.4, 0.5) is 0 Å². The van der Waals surface area contributed by atoms with Gasteiger partial charge in [-0.25, -0.2) is 0 Å². The molecule has 1 aliphatic carbocycles. The molecule has 1 saturated carbocycles. The number of thioether (sulfide) groups is 1. The van der Waals surface area contributed by atoms with Gasteiger partial charge in [0, 0.05) is 29.3 Å². The zero-order valence-electron chi connectivity index (χ0n) is 19.5. The number of amides is 1. The van der Waals surface area contributed by atoms with E-state index in [2.05, 4.69) is 49.3 Å². The minimum Gasteiger partial charge on any atom is -0.376 e. The third-order valence-electron chi connectivity index (χ3n) is 6.86. The molecule has 2 unspecified atom stereocenters. The summed E-state index contributed by atoms with van der Waals surface area (Å²) in [4.78, 5) is 16.3. The fraction of sp³-hybridized carbons (Fsp3) is 0.370. The summed E-state index contributed by atoms with van der Waals surface area (Å²) in [6, 6.07) is 18.6. The molecule has 1 aliphatic heterocycles. The Bertz CT molecular complexity index is 1310. The molecule has 35 heavy (non-hydrogen) atoms. The first kappa shape index (κ1) is 22.4. The summed E-state index contributed by atoms with van der Waals surface area (Å²) in [5.74, 6) is 1.66. The fourth-order valence-corrected chi connectivity index (χ4v) is 5.68. The third-order valence-corrected chi connectivity index (χ3v) is 7.82. The summed E-state index contributed by atoms with van der Waals surface area (Å²) in [5.41, 5.74) is 3.26. The molecule has 2 aliphatic rings. The lowest BCUT2D eigenvalue weighted by Crippen LogP contribution is -2.31. The van der Waals surface area contributed by atoms with Gasteiger partial charge in [0.25, 0.3) is 0 Å². The van der Waals surface area contributed by atoms with Crippen LogP contribution in [0, 0.1) is 5.92 Å². The summed E-state index contributed by atoms with van der Waals surface area (Å²) in [7, 11) is 0. The maximum Gasteiger partial charge on any atom is 0.230 e. The van der Waals surface area contributed by atoms with E-state index in [-0.39, 0.29) is 18.1 Å². The van der Waals surface area contributed by atoms with Crippen LogP contribution in [0.2, 0.25) is 0 Å². The molecule has 8 heteroatoms. The Hall–Kier alpha value is -3.10. The van der Waals surface area contributed by atoms with E-state index in [0.29, 0.717) is 18.2 Å². The van der Waals surface area contributed by atoms with Crippen molar-refractivity contribution in [3.8, 4) is 11.4 Å². The second kappa shape index (κ2) is 9.87. The molecule has 1 saturated heterocycles. The molecule has 2 fully saturated rings. The Morgan fingerprint density at radius 2 is 1.94 bits per heavy atom. The standard InChI is InChI=1S/C27H29N5O2S/c33-24(29-25(19-12-13-19)18-7-2-1-3-8-18)17-35-27-31-30-26(32(27)16-20-9-6-14-34-20)22-15-28-23-11-5-4-10-21(22)23/h1-5,7-8,10-11,15,19-20,25,28H,6,9,12-14,16-17H2,(H,29,33). The fourth-order valence-electron chi connectivity index (χ4n) is 4.92. The van der Waals surface area contributed by atoms with Crippen LogP contribution >= 0.6 is 11.8 Å². The van der Waals surface area contributed by atoms with Crippen LogP contribution in [0.1, 0.15) is 37.3 Å². The van der Waals surface area contributed by atoms with Crippen molar-refractivity contribution in [2.45, 2.75) is 49.5 Å². The Morgan fingerprint density at radius 1 is 1.11 bits per heavy atom. The van der Waals surface area contributed by atoms with Crippen LogP contribution in [-0.2, 0) is 16.1 Å². The number of aromatic amines is 1. The lowest BCUT2D eigenvalue weighted by atomic mass is 10.0. The third kappa shape index (κ3) is 4.86. The molecular weight excluding hydrogens is 458 g/mol. The van der Waals surface area contributed by atoms with Gasteiger partial charge in [0.2, 0.25) is 5.91 Å². The van der Waals surface area contributed by atoms with Crippen molar-refractivity contribution in [2.24, 2.45) is 5.92 Å². The van der Waals surface area contributed by atoms with E-state index in [1.165, 1.54) is 17.3 Å². The van der Waals surface area contributed by atoms with Crippen LogP contribution in [0.15, 0.2) is 66.0 Å². The molecule has 7 nitrogen and oxygen atoms in total. The number of nitrogens with one attached hydrogen (secondary N) is 2. The Balaban J connectivity index is 1.22. The SMILES string of the molecule is O=C(CSc1nnc(-c2c[nH]c3ccccc23)n1CC1CCCO1)NC(c1ccccc1)C1CC1. The largest absolute Gasteiger partial charge is 0.376 e. The predicted octanol–water partition coefficient (Wildman–Crippen LogP) is 4.97. The topological polar surface area (TPSA) is 84.8 Å². The van der Waals surface area contributed by atoms with Crippen molar-refractivity contribution in [1.29, 1.82) is 0 Å². The normalized spacial score (nSPS) is 18.7.